The van der Waals surface area contributed by atoms with Crippen LogP contribution in [-0.2, 0) is 6.54 Å². The van der Waals surface area contributed by atoms with E-state index in [1.807, 2.05) is 26.8 Å². The SMILES string of the molecule is COc1c(C)cc(-c2n[nH]c(CN)n2)c(C)c1C. The third-order valence-electron chi connectivity index (χ3n) is 3.20. The van der Waals surface area contributed by atoms with E-state index in [9.17, 15) is 0 Å². The average Bonchev–Trinajstić information content (AvgIpc) is 2.83. The van der Waals surface area contributed by atoms with Crippen molar-refractivity contribution in [2.24, 2.45) is 5.73 Å². The summed E-state index contributed by atoms with van der Waals surface area (Å²) in [5, 5.41) is 7.03. The van der Waals surface area contributed by atoms with Crippen molar-refractivity contribution in [3.63, 3.8) is 0 Å². The molecule has 1 heterocycles. The molecule has 0 radical (unpaired) electrons. The smallest absolute Gasteiger partial charge is 0.181 e. The fraction of sp³-hybridized carbons (Fsp3) is 0.385. The number of methoxy groups -OCH3 is 1. The second-order valence-corrected chi connectivity index (χ2v) is 4.33. The summed E-state index contributed by atoms with van der Waals surface area (Å²) < 4.78 is 5.41. The van der Waals surface area contributed by atoms with Crippen LogP contribution in [0.3, 0.4) is 0 Å². The van der Waals surface area contributed by atoms with Gasteiger partial charge >= 0.3 is 0 Å². The van der Waals surface area contributed by atoms with Gasteiger partial charge in [-0.3, -0.25) is 5.10 Å². The van der Waals surface area contributed by atoms with Crippen LogP contribution in [0, 0.1) is 20.8 Å². The lowest BCUT2D eigenvalue weighted by Gasteiger charge is -2.13. The quantitative estimate of drug-likeness (QED) is 0.866. The Morgan fingerprint density at radius 3 is 2.56 bits per heavy atom. The van der Waals surface area contributed by atoms with Gasteiger partial charge in [-0.05, 0) is 43.5 Å². The van der Waals surface area contributed by atoms with E-state index < -0.39 is 0 Å². The summed E-state index contributed by atoms with van der Waals surface area (Å²) in [4.78, 5) is 4.37. The van der Waals surface area contributed by atoms with Gasteiger partial charge in [0.25, 0.3) is 0 Å². The van der Waals surface area contributed by atoms with Crippen LogP contribution in [0.25, 0.3) is 11.4 Å². The summed E-state index contributed by atoms with van der Waals surface area (Å²) in [5.41, 5.74) is 9.87. The van der Waals surface area contributed by atoms with Crippen LogP contribution < -0.4 is 10.5 Å². The molecular formula is C13H18N4O. The number of aromatic nitrogens is 3. The van der Waals surface area contributed by atoms with E-state index in [1.165, 1.54) is 0 Å². The second kappa shape index (κ2) is 4.78. The number of hydrogen-bond donors (Lipinski definition) is 2. The highest BCUT2D eigenvalue weighted by molar-refractivity contribution is 5.66. The molecule has 0 atom stereocenters. The van der Waals surface area contributed by atoms with Crippen LogP contribution in [-0.4, -0.2) is 22.3 Å². The molecule has 0 fully saturated rings. The largest absolute Gasteiger partial charge is 0.496 e. The first-order valence-electron chi connectivity index (χ1n) is 5.85. The molecular weight excluding hydrogens is 228 g/mol. The van der Waals surface area contributed by atoms with Crippen LogP contribution in [0.2, 0.25) is 0 Å². The first-order valence-corrected chi connectivity index (χ1v) is 5.85. The predicted molar refractivity (Wildman–Crippen MR) is 70.5 cm³/mol. The molecule has 5 heteroatoms. The normalized spacial score (nSPS) is 10.7. The van der Waals surface area contributed by atoms with E-state index >= 15 is 0 Å². The van der Waals surface area contributed by atoms with Crippen molar-refractivity contribution in [2.75, 3.05) is 7.11 Å². The Bertz CT molecular complexity index is 575. The Kier molecular flexibility index (Phi) is 3.34. The third kappa shape index (κ3) is 1.97. The summed E-state index contributed by atoms with van der Waals surface area (Å²) >= 11 is 0. The molecule has 0 aliphatic carbocycles. The van der Waals surface area contributed by atoms with Gasteiger partial charge in [0.1, 0.15) is 11.6 Å². The highest BCUT2D eigenvalue weighted by Gasteiger charge is 2.14. The van der Waals surface area contributed by atoms with Crippen molar-refractivity contribution < 1.29 is 4.74 Å². The van der Waals surface area contributed by atoms with E-state index in [4.69, 9.17) is 10.5 Å². The zero-order chi connectivity index (χ0) is 13.3. The number of ether oxygens (including phenoxy) is 1. The molecule has 0 unspecified atom stereocenters. The molecule has 0 aliphatic rings. The minimum atomic E-state index is 0.361. The van der Waals surface area contributed by atoms with Crippen LogP contribution in [0.15, 0.2) is 6.07 Å². The van der Waals surface area contributed by atoms with Crippen molar-refractivity contribution in [1.82, 2.24) is 15.2 Å². The molecule has 18 heavy (non-hydrogen) atoms. The molecule has 3 N–H and O–H groups in total. The summed E-state index contributed by atoms with van der Waals surface area (Å²) in [7, 11) is 1.69. The molecule has 1 aromatic heterocycles. The van der Waals surface area contributed by atoms with E-state index in [-0.39, 0.29) is 0 Å². The van der Waals surface area contributed by atoms with Crippen molar-refractivity contribution >= 4 is 0 Å². The van der Waals surface area contributed by atoms with Gasteiger partial charge in [0, 0.05) is 5.56 Å². The molecule has 0 bridgehead atoms. The van der Waals surface area contributed by atoms with E-state index in [0.717, 1.165) is 28.0 Å². The van der Waals surface area contributed by atoms with Crippen LogP contribution in [0.1, 0.15) is 22.5 Å². The summed E-state index contributed by atoms with van der Waals surface area (Å²) in [6.07, 6.45) is 0. The molecule has 2 rings (SSSR count). The van der Waals surface area contributed by atoms with Gasteiger partial charge in [0.05, 0.1) is 13.7 Å². The van der Waals surface area contributed by atoms with Crippen molar-refractivity contribution in [1.29, 1.82) is 0 Å². The van der Waals surface area contributed by atoms with E-state index in [2.05, 4.69) is 15.2 Å². The molecule has 5 nitrogen and oxygen atoms in total. The molecule has 0 amide bonds. The van der Waals surface area contributed by atoms with E-state index in [1.54, 1.807) is 7.11 Å². The Labute approximate surface area is 106 Å². The Morgan fingerprint density at radius 1 is 1.28 bits per heavy atom. The zero-order valence-electron chi connectivity index (χ0n) is 11.2. The minimum absolute atomic E-state index is 0.361. The monoisotopic (exact) mass is 246 g/mol. The highest BCUT2D eigenvalue weighted by Crippen LogP contribution is 2.32. The number of benzene rings is 1. The van der Waals surface area contributed by atoms with Crippen molar-refractivity contribution in [2.45, 2.75) is 27.3 Å². The van der Waals surface area contributed by atoms with Crippen LogP contribution in [0.4, 0.5) is 0 Å². The number of nitrogens with one attached hydrogen (secondary N) is 1. The molecule has 96 valence electrons. The summed E-state index contributed by atoms with van der Waals surface area (Å²) in [6, 6.07) is 2.05. The number of aryl methyl sites for hydroxylation is 1. The number of nitrogens with zero attached hydrogens (tertiary/aromatic N) is 2. The Hall–Kier alpha value is -1.88. The Morgan fingerprint density at radius 2 is 2.00 bits per heavy atom. The molecule has 0 saturated carbocycles. The van der Waals surface area contributed by atoms with Gasteiger partial charge in [-0.15, -0.1) is 0 Å². The lowest BCUT2D eigenvalue weighted by molar-refractivity contribution is 0.408. The lowest BCUT2D eigenvalue weighted by atomic mass is 9.98. The van der Waals surface area contributed by atoms with Gasteiger partial charge in [-0.25, -0.2) is 4.98 Å². The second-order valence-electron chi connectivity index (χ2n) is 4.33. The maximum atomic E-state index is 5.53. The summed E-state index contributed by atoms with van der Waals surface area (Å²) in [5.74, 6) is 2.29. The number of aromatic amines is 1. The molecule has 0 aliphatic heterocycles. The fourth-order valence-corrected chi connectivity index (χ4v) is 2.11. The molecule has 1 aromatic carbocycles. The van der Waals surface area contributed by atoms with Gasteiger partial charge in [-0.1, -0.05) is 0 Å². The first kappa shape index (κ1) is 12.6. The maximum absolute atomic E-state index is 5.53. The summed E-state index contributed by atoms with van der Waals surface area (Å²) in [6.45, 7) is 6.47. The lowest BCUT2D eigenvalue weighted by Crippen LogP contribution is -1.99. The number of H-pyrrole nitrogens is 1. The molecule has 0 saturated heterocycles. The van der Waals surface area contributed by atoms with Crippen LogP contribution in [0.5, 0.6) is 5.75 Å². The third-order valence-corrected chi connectivity index (χ3v) is 3.20. The maximum Gasteiger partial charge on any atom is 0.181 e. The van der Waals surface area contributed by atoms with Crippen LogP contribution >= 0.6 is 0 Å². The van der Waals surface area contributed by atoms with Gasteiger partial charge in [-0.2, -0.15) is 5.10 Å². The number of rotatable bonds is 3. The van der Waals surface area contributed by atoms with Crippen molar-refractivity contribution in [3.8, 4) is 17.1 Å². The van der Waals surface area contributed by atoms with Gasteiger partial charge < -0.3 is 10.5 Å². The predicted octanol–water partition coefficient (Wildman–Crippen LogP) is 1.86. The standard InChI is InChI=1S/C13H18N4O/c1-7-5-10(8(2)9(3)12(7)18-4)13-15-11(6-14)16-17-13/h5H,6,14H2,1-4H3,(H,15,16,17). The first-order chi connectivity index (χ1) is 8.58. The van der Waals surface area contributed by atoms with Gasteiger partial charge in [0.2, 0.25) is 0 Å². The zero-order valence-corrected chi connectivity index (χ0v) is 11.2. The average molecular weight is 246 g/mol. The Balaban J connectivity index is 2.58. The van der Waals surface area contributed by atoms with Gasteiger partial charge in [0.15, 0.2) is 5.82 Å². The van der Waals surface area contributed by atoms with E-state index in [0.29, 0.717) is 18.2 Å². The number of nitrogens with two attached hydrogens (primary N) is 1. The minimum Gasteiger partial charge on any atom is -0.496 e. The highest BCUT2D eigenvalue weighted by atomic mass is 16.5. The molecule has 0 spiro atoms. The topological polar surface area (TPSA) is 76.8 Å². The number of hydrogen-bond acceptors (Lipinski definition) is 4. The fourth-order valence-electron chi connectivity index (χ4n) is 2.11. The molecule has 2 aromatic rings. The van der Waals surface area contributed by atoms with Crippen molar-refractivity contribution in [3.05, 3.63) is 28.6 Å².